The second-order valence-corrected chi connectivity index (χ2v) is 7.92. The number of carboxylic acid groups (broad SMARTS) is 1. The van der Waals surface area contributed by atoms with Crippen LogP contribution in [0.2, 0.25) is 0 Å². The number of aliphatic hydroxyl groups is 1. The van der Waals surface area contributed by atoms with Crippen molar-refractivity contribution in [2.75, 3.05) is 13.1 Å². The van der Waals surface area contributed by atoms with Crippen LogP contribution in [-0.4, -0.2) is 53.1 Å². The third kappa shape index (κ3) is 5.35. The highest BCUT2D eigenvalue weighted by Crippen LogP contribution is 2.42. The van der Waals surface area contributed by atoms with Crippen LogP contribution in [0.4, 0.5) is 18.0 Å². The van der Waals surface area contributed by atoms with Gasteiger partial charge < -0.3 is 30.0 Å². The van der Waals surface area contributed by atoms with E-state index in [9.17, 15) is 33.0 Å². The van der Waals surface area contributed by atoms with Crippen molar-refractivity contribution in [1.29, 1.82) is 0 Å². The zero-order valence-electron chi connectivity index (χ0n) is 16.3. The van der Waals surface area contributed by atoms with Crippen LogP contribution in [0.3, 0.4) is 0 Å². The van der Waals surface area contributed by atoms with Crippen LogP contribution in [0.15, 0.2) is 24.3 Å². The van der Waals surface area contributed by atoms with Crippen LogP contribution >= 0.6 is 0 Å². The van der Waals surface area contributed by atoms with Gasteiger partial charge in [-0.25, -0.2) is 0 Å². The number of alkyl halides is 3. The molecular weight excluding hydrogens is 405 g/mol. The van der Waals surface area contributed by atoms with Crippen molar-refractivity contribution in [3.8, 4) is 5.75 Å². The summed E-state index contributed by atoms with van der Waals surface area (Å²) in [7, 11) is 0. The molecule has 10 heteroatoms. The predicted octanol–water partition coefficient (Wildman–Crippen LogP) is 1.90. The highest BCUT2D eigenvalue weighted by Gasteiger charge is 2.46. The summed E-state index contributed by atoms with van der Waals surface area (Å²) in [5, 5.41) is 24.3. The maximum absolute atomic E-state index is 13.4. The lowest BCUT2D eigenvalue weighted by molar-refractivity contribution is -0.274. The molecule has 1 aliphatic carbocycles. The van der Waals surface area contributed by atoms with Gasteiger partial charge in [0, 0.05) is 19.1 Å². The molecule has 2 fully saturated rings. The molecule has 1 saturated heterocycles. The first-order valence-corrected chi connectivity index (χ1v) is 9.92. The normalized spacial score (nSPS) is 22.4. The summed E-state index contributed by atoms with van der Waals surface area (Å²) in [5.74, 6) is -1.97. The smallest absolute Gasteiger partial charge is 0.530 e. The molecule has 1 aromatic rings. The molecular formula is C20H24F3N2O5-. The minimum absolute atomic E-state index is 0.109. The van der Waals surface area contributed by atoms with Crippen molar-refractivity contribution in [3.05, 3.63) is 29.8 Å². The molecule has 2 N–H and O–H groups in total. The third-order valence-corrected chi connectivity index (χ3v) is 5.75. The summed E-state index contributed by atoms with van der Waals surface area (Å²) in [5.41, 5.74) is -1.16. The number of rotatable bonds is 5. The lowest BCUT2D eigenvalue weighted by Crippen LogP contribution is -2.49. The molecule has 1 aromatic carbocycles. The summed E-state index contributed by atoms with van der Waals surface area (Å²) in [4.78, 5) is 25.6. The minimum Gasteiger partial charge on any atom is -0.530 e. The van der Waals surface area contributed by atoms with Gasteiger partial charge in [-0.2, -0.15) is 0 Å². The number of nitrogens with one attached hydrogen (secondary N) is 1. The van der Waals surface area contributed by atoms with E-state index in [2.05, 4.69) is 10.1 Å². The molecule has 0 radical (unpaired) electrons. The molecule has 3 rings (SSSR count). The van der Waals surface area contributed by atoms with E-state index in [0.717, 1.165) is 18.6 Å². The van der Waals surface area contributed by atoms with Crippen molar-refractivity contribution in [3.63, 3.8) is 0 Å². The largest absolute Gasteiger partial charge is 0.573 e. The monoisotopic (exact) mass is 429 g/mol. The van der Waals surface area contributed by atoms with E-state index in [4.69, 9.17) is 0 Å². The summed E-state index contributed by atoms with van der Waals surface area (Å²) in [6.07, 6.45) is -2.91. The molecule has 7 nitrogen and oxygen atoms in total. The van der Waals surface area contributed by atoms with E-state index in [1.54, 1.807) is 0 Å². The molecule has 1 saturated carbocycles. The number of hydrogen-bond acceptors (Lipinski definition) is 5. The summed E-state index contributed by atoms with van der Waals surface area (Å²) in [6, 6.07) is 4.65. The predicted molar refractivity (Wildman–Crippen MR) is 97.4 cm³/mol. The van der Waals surface area contributed by atoms with Crippen molar-refractivity contribution >= 4 is 12.0 Å². The molecule has 166 valence electrons. The van der Waals surface area contributed by atoms with Crippen LogP contribution < -0.4 is 15.2 Å². The molecule has 30 heavy (non-hydrogen) atoms. The first kappa shape index (κ1) is 22.2. The number of benzene rings is 1. The highest BCUT2D eigenvalue weighted by atomic mass is 19.4. The van der Waals surface area contributed by atoms with Gasteiger partial charge in [0.25, 0.3) is 0 Å². The summed E-state index contributed by atoms with van der Waals surface area (Å²) < 4.78 is 41.9. The van der Waals surface area contributed by atoms with Gasteiger partial charge in [-0.15, -0.1) is 13.2 Å². The Morgan fingerprint density at radius 1 is 1.27 bits per heavy atom. The average Bonchev–Trinajstić information content (AvgIpc) is 3.09. The minimum atomic E-state index is -4.88. The van der Waals surface area contributed by atoms with Crippen LogP contribution in [-0.2, 0) is 4.79 Å². The summed E-state index contributed by atoms with van der Waals surface area (Å²) >= 11 is 0. The summed E-state index contributed by atoms with van der Waals surface area (Å²) in [6.45, 7) is 0.382. The molecule has 0 bridgehead atoms. The number of ether oxygens (including phenoxy) is 1. The quantitative estimate of drug-likeness (QED) is 0.745. The fourth-order valence-corrected chi connectivity index (χ4v) is 4.45. The molecule has 1 heterocycles. The number of likely N-dealkylation sites (tertiary alicyclic amines) is 1. The fraction of sp³-hybridized carbons (Fsp3) is 0.600. The third-order valence-electron chi connectivity index (χ3n) is 5.75. The second-order valence-electron chi connectivity index (χ2n) is 7.92. The first-order chi connectivity index (χ1) is 14.1. The van der Waals surface area contributed by atoms with Gasteiger partial charge in [0.2, 0.25) is 5.91 Å². The van der Waals surface area contributed by atoms with E-state index in [1.807, 2.05) is 0 Å². The molecule has 2 amide bonds. The van der Waals surface area contributed by atoms with Gasteiger partial charge in [0.05, 0.1) is 11.5 Å². The number of carbonyl (C=O) groups excluding carboxylic acids is 2. The fourth-order valence-electron chi connectivity index (χ4n) is 4.45. The number of hydrogen-bond donors (Lipinski definition) is 2. The molecule has 1 aliphatic heterocycles. The standard InChI is InChI=1S/C20H25F3N2O5/c21-20(22,23)30-15-6-4-5-13(11-15)16(19(29)8-2-1-3-9-19)17(26)25-10-7-14(12-25)24-18(27)28/h4-6,11,14,16,24,29H,1-3,7-10,12H2,(H,27,28)/p-1/t14-,16?/m1/s1. The number of nitrogens with zero attached hydrogens (tertiary/aromatic N) is 1. The molecule has 0 aromatic heterocycles. The Morgan fingerprint density at radius 2 is 1.97 bits per heavy atom. The van der Waals surface area contributed by atoms with Crippen LogP contribution in [0.25, 0.3) is 0 Å². The lowest BCUT2D eigenvalue weighted by Gasteiger charge is -2.40. The van der Waals surface area contributed by atoms with E-state index in [0.29, 0.717) is 32.1 Å². The highest BCUT2D eigenvalue weighted by molar-refractivity contribution is 5.85. The van der Waals surface area contributed by atoms with Gasteiger partial charge in [-0.1, -0.05) is 31.4 Å². The first-order valence-electron chi connectivity index (χ1n) is 9.92. The topological polar surface area (TPSA) is 102 Å². The van der Waals surface area contributed by atoms with Crippen molar-refractivity contribution in [2.45, 2.75) is 62.4 Å². The van der Waals surface area contributed by atoms with Gasteiger partial charge in [-0.05, 0) is 37.0 Å². The maximum Gasteiger partial charge on any atom is 0.573 e. The second kappa shape index (κ2) is 8.71. The van der Waals surface area contributed by atoms with E-state index >= 15 is 0 Å². The van der Waals surface area contributed by atoms with Gasteiger partial charge in [0.1, 0.15) is 11.8 Å². The van der Waals surface area contributed by atoms with Crippen LogP contribution in [0, 0.1) is 0 Å². The number of carbonyl (C=O) groups is 2. The Bertz CT molecular complexity index is 780. The van der Waals surface area contributed by atoms with E-state index < -0.39 is 41.7 Å². The Balaban J connectivity index is 1.89. The van der Waals surface area contributed by atoms with Crippen LogP contribution in [0.5, 0.6) is 5.75 Å². The molecule has 1 unspecified atom stereocenters. The zero-order valence-corrected chi connectivity index (χ0v) is 16.3. The molecule has 2 atom stereocenters. The zero-order chi connectivity index (χ0) is 21.9. The molecule has 0 spiro atoms. The Labute approximate surface area is 171 Å². The Hall–Kier alpha value is -2.49. The van der Waals surface area contributed by atoms with Gasteiger partial charge in [-0.3, -0.25) is 4.79 Å². The van der Waals surface area contributed by atoms with Crippen LogP contribution in [0.1, 0.15) is 50.0 Å². The van der Waals surface area contributed by atoms with E-state index in [1.165, 1.54) is 17.0 Å². The number of amides is 2. The maximum atomic E-state index is 13.4. The van der Waals surface area contributed by atoms with Crippen molar-refractivity contribution < 1.29 is 37.7 Å². The molecule has 2 aliphatic rings. The average molecular weight is 429 g/mol. The van der Waals surface area contributed by atoms with Crippen molar-refractivity contribution in [1.82, 2.24) is 10.2 Å². The van der Waals surface area contributed by atoms with Gasteiger partial charge >= 0.3 is 6.36 Å². The lowest BCUT2D eigenvalue weighted by atomic mass is 9.72. The number of halogens is 3. The van der Waals surface area contributed by atoms with Crippen molar-refractivity contribution in [2.24, 2.45) is 0 Å². The Kier molecular flexibility index (Phi) is 6.44. The van der Waals surface area contributed by atoms with E-state index in [-0.39, 0.29) is 18.7 Å². The van der Waals surface area contributed by atoms with Gasteiger partial charge in [0.15, 0.2) is 0 Å². The SMILES string of the molecule is O=C([O-])N[C@@H]1CCN(C(=O)C(c2cccc(OC(F)(F)F)c2)C2(O)CCCCC2)C1. The Morgan fingerprint density at radius 3 is 2.60 bits per heavy atom.